The summed E-state index contributed by atoms with van der Waals surface area (Å²) in [6, 6.07) is 11.3. The van der Waals surface area contributed by atoms with Crippen molar-refractivity contribution < 1.29 is 4.79 Å². The molecule has 0 spiro atoms. The molecule has 3 aromatic rings. The van der Waals surface area contributed by atoms with Gasteiger partial charge in [-0.1, -0.05) is 0 Å². The number of hydrogen-bond donors (Lipinski definition) is 2. The summed E-state index contributed by atoms with van der Waals surface area (Å²) >= 11 is 0. The number of rotatable bonds is 3. The smallest absolute Gasteiger partial charge is 0.268 e. The molecule has 0 radical (unpaired) electrons. The standard InChI is InChI=1S/C18H16N4O/c1-22-7-4-14(11-22)18(5-6-18)21-17(23)16-9-13-8-12(10-19)2-3-15(13)20-16/h2-4,7-9,11,20H,5-6H2,1H3,(H,21,23). The number of carbonyl (C=O) groups is 1. The lowest BCUT2D eigenvalue weighted by Gasteiger charge is -2.15. The summed E-state index contributed by atoms with van der Waals surface area (Å²) < 4.78 is 1.99. The third-order valence-corrected chi connectivity index (χ3v) is 4.48. The molecule has 0 atom stereocenters. The third kappa shape index (κ3) is 2.29. The number of hydrogen-bond acceptors (Lipinski definition) is 2. The largest absolute Gasteiger partial charge is 0.357 e. The van der Waals surface area contributed by atoms with E-state index in [0.717, 1.165) is 29.3 Å². The van der Waals surface area contributed by atoms with Gasteiger partial charge >= 0.3 is 0 Å². The van der Waals surface area contributed by atoms with E-state index in [1.54, 1.807) is 18.2 Å². The number of aromatic nitrogens is 2. The Morgan fingerprint density at radius 2 is 2.17 bits per heavy atom. The number of aromatic amines is 1. The van der Waals surface area contributed by atoms with Gasteiger partial charge in [-0.25, -0.2) is 0 Å². The fourth-order valence-electron chi connectivity index (χ4n) is 3.01. The highest BCUT2D eigenvalue weighted by atomic mass is 16.2. The number of fused-ring (bicyclic) bond motifs is 1. The van der Waals surface area contributed by atoms with Crippen LogP contribution in [0.3, 0.4) is 0 Å². The van der Waals surface area contributed by atoms with Crippen molar-refractivity contribution in [1.82, 2.24) is 14.9 Å². The Morgan fingerprint density at radius 1 is 1.35 bits per heavy atom. The molecule has 0 saturated heterocycles. The van der Waals surface area contributed by atoms with Crippen LogP contribution in [0.4, 0.5) is 0 Å². The molecule has 1 aliphatic rings. The summed E-state index contributed by atoms with van der Waals surface area (Å²) in [6.07, 6.45) is 5.97. The maximum absolute atomic E-state index is 12.6. The second-order valence-corrected chi connectivity index (χ2v) is 6.20. The average molecular weight is 304 g/mol. The summed E-state index contributed by atoms with van der Waals surface area (Å²) in [4.78, 5) is 15.7. The number of amides is 1. The van der Waals surface area contributed by atoms with Crippen molar-refractivity contribution in [2.45, 2.75) is 18.4 Å². The fourth-order valence-corrected chi connectivity index (χ4v) is 3.01. The Bertz CT molecular complexity index is 953. The van der Waals surface area contributed by atoms with Gasteiger partial charge in [0.25, 0.3) is 5.91 Å². The van der Waals surface area contributed by atoms with E-state index in [2.05, 4.69) is 28.6 Å². The molecule has 2 heterocycles. The van der Waals surface area contributed by atoms with E-state index < -0.39 is 0 Å². The first-order valence-electron chi connectivity index (χ1n) is 7.57. The van der Waals surface area contributed by atoms with Gasteiger partial charge in [-0.15, -0.1) is 0 Å². The molecule has 1 saturated carbocycles. The van der Waals surface area contributed by atoms with Gasteiger partial charge in [0.2, 0.25) is 0 Å². The second-order valence-electron chi connectivity index (χ2n) is 6.20. The molecule has 23 heavy (non-hydrogen) atoms. The molecule has 1 aliphatic carbocycles. The zero-order valence-corrected chi connectivity index (χ0v) is 12.8. The van der Waals surface area contributed by atoms with Gasteiger partial charge in [-0.2, -0.15) is 5.26 Å². The molecule has 5 nitrogen and oxygen atoms in total. The van der Waals surface area contributed by atoms with E-state index in [0.29, 0.717) is 11.3 Å². The SMILES string of the molecule is Cn1ccc(C2(NC(=O)c3cc4cc(C#N)ccc4[nH]3)CC2)c1. The highest BCUT2D eigenvalue weighted by Crippen LogP contribution is 2.45. The lowest BCUT2D eigenvalue weighted by Crippen LogP contribution is -2.34. The van der Waals surface area contributed by atoms with Crippen molar-refractivity contribution in [2.24, 2.45) is 7.05 Å². The highest BCUT2D eigenvalue weighted by molar-refractivity contribution is 5.98. The second kappa shape index (κ2) is 4.75. The van der Waals surface area contributed by atoms with E-state index in [1.807, 2.05) is 23.9 Å². The van der Waals surface area contributed by atoms with Crippen LogP contribution in [0.5, 0.6) is 0 Å². The van der Waals surface area contributed by atoms with Crippen molar-refractivity contribution >= 4 is 16.8 Å². The molecule has 0 aliphatic heterocycles. The van der Waals surface area contributed by atoms with Gasteiger partial charge in [0.1, 0.15) is 5.69 Å². The van der Waals surface area contributed by atoms with Gasteiger partial charge in [-0.05, 0) is 48.7 Å². The summed E-state index contributed by atoms with van der Waals surface area (Å²) in [7, 11) is 1.98. The normalized spacial score (nSPS) is 15.3. The van der Waals surface area contributed by atoms with Crippen LogP contribution in [0.2, 0.25) is 0 Å². The molecule has 1 aromatic carbocycles. The van der Waals surface area contributed by atoms with Crippen molar-refractivity contribution in [3.8, 4) is 6.07 Å². The van der Waals surface area contributed by atoms with Crippen LogP contribution in [0.25, 0.3) is 10.9 Å². The molecule has 4 rings (SSSR count). The molecule has 0 unspecified atom stereocenters. The predicted molar refractivity (Wildman–Crippen MR) is 86.8 cm³/mol. The maximum atomic E-state index is 12.6. The van der Waals surface area contributed by atoms with E-state index in [9.17, 15) is 4.79 Å². The first-order chi connectivity index (χ1) is 11.1. The highest BCUT2D eigenvalue weighted by Gasteiger charge is 2.46. The summed E-state index contributed by atoms with van der Waals surface area (Å²) in [6.45, 7) is 0. The monoisotopic (exact) mass is 304 g/mol. The number of benzene rings is 1. The zero-order valence-electron chi connectivity index (χ0n) is 12.8. The maximum Gasteiger partial charge on any atom is 0.268 e. The Morgan fingerprint density at radius 3 is 2.83 bits per heavy atom. The number of nitrogens with zero attached hydrogens (tertiary/aromatic N) is 2. The van der Waals surface area contributed by atoms with Crippen LogP contribution in [0.15, 0.2) is 42.7 Å². The third-order valence-electron chi connectivity index (χ3n) is 4.48. The van der Waals surface area contributed by atoms with Gasteiger partial charge in [0.05, 0.1) is 17.2 Å². The van der Waals surface area contributed by atoms with Crippen LogP contribution in [-0.4, -0.2) is 15.5 Å². The topological polar surface area (TPSA) is 73.6 Å². The molecular formula is C18H16N4O. The van der Waals surface area contributed by atoms with Crippen LogP contribution in [0, 0.1) is 11.3 Å². The van der Waals surface area contributed by atoms with E-state index in [1.165, 1.54) is 0 Å². The lowest BCUT2D eigenvalue weighted by atomic mass is 10.1. The Labute approximate surface area is 133 Å². The molecule has 114 valence electrons. The predicted octanol–water partition coefficient (Wildman–Crippen LogP) is 2.80. The Hall–Kier alpha value is -3.00. The quantitative estimate of drug-likeness (QED) is 0.781. The van der Waals surface area contributed by atoms with Gasteiger partial charge in [-0.3, -0.25) is 4.79 Å². The first-order valence-corrected chi connectivity index (χ1v) is 7.57. The number of carbonyl (C=O) groups excluding carboxylic acids is 1. The average Bonchev–Trinajstić information content (AvgIpc) is 2.99. The lowest BCUT2D eigenvalue weighted by molar-refractivity contribution is 0.0926. The van der Waals surface area contributed by atoms with Crippen molar-refractivity contribution in [3.05, 3.63) is 59.5 Å². The number of aryl methyl sites for hydroxylation is 1. The van der Waals surface area contributed by atoms with Crippen molar-refractivity contribution in [1.29, 1.82) is 5.26 Å². The summed E-state index contributed by atoms with van der Waals surface area (Å²) in [5.74, 6) is -0.110. The number of nitrogens with one attached hydrogen (secondary N) is 2. The number of nitriles is 1. The van der Waals surface area contributed by atoms with Gasteiger partial charge < -0.3 is 14.9 Å². The van der Waals surface area contributed by atoms with Gasteiger partial charge in [0, 0.05) is 30.3 Å². The summed E-state index contributed by atoms with van der Waals surface area (Å²) in [5, 5.41) is 13.0. The molecule has 0 bridgehead atoms. The Kier molecular flexibility index (Phi) is 2.82. The minimum absolute atomic E-state index is 0.110. The Balaban J connectivity index is 1.61. The molecule has 5 heteroatoms. The van der Waals surface area contributed by atoms with E-state index in [-0.39, 0.29) is 11.4 Å². The molecular weight excluding hydrogens is 288 g/mol. The van der Waals surface area contributed by atoms with Gasteiger partial charge in [0.15, 0.2) is 0 Å². The number of H-pyrrole nitrogens is 1. The summed E-state index contributed by atoms with van der Waals surface area (Å²) in [5.41, 5.74) is 2.90. The van der Waals surface area contributed by atoms with E-state index >= 15 is 0 Å². The van der Waals surface area contributed by atoms with Crippen LogP contribution in [0.1, 0.15) is 34.5 Å². The van der Waals surface area contributed by atoms with Crippen LogP contribution < -0.4 is 5.32 Å². The zero-order chi connectivity index (χ0) is 16.0. The van der Waals surface area contributed by atoms with Crippen LogP contribution in [-0.2, 0) is 12.6 Å². The molecule has 1 fully saturated rings. The van der Waals surface area contributed by atoms with Crippen molar-refractivity contribution in [3.63, 3.8) is 0 Å². The molecule has 2 N–H and O–H groups in total. The van der Waals surface area contributed by atoms with Crippen molar-refractivity contribution in [2.75, 3.05) is 0 Å². The minimum atomic E-state index is -0.229. The fraction of sp³-hybridized carbons (Fsp3) is 0.222. The molecule has 1 amide bonds. The van der Waals surface area contributed by atoms with Crippen LogP contribution >= 0.6 is 0 Å². The minimum Gasteiger partial charge on any atom is -0.357 e. The molecule has 2 aromatic heterocycles. The van der Waals surface area contributed by atoms with E-state index in [4.69, 9.17) is 5.26 Å². The first kappa shape index (κ1) is 13.6.